The topological polar surface area (TPSA) is 60.9 Å². The molecule has 0 saturated carbocycles. The second kappa shape index (κ2) is 7.43. The first kappa shape index (κ1) is 17.6. The van der Waals surface area contributed by atoms with Gasteiger partial charge in [0, 0.05) is 25.2 Å². The summed E-state index contributed by atoms with van der Waals surface area (Å²) in [5.41, 5.74) is 2.95. The van der Waals surface area contributed by atoms with Crippen molar-refractivity contribution >= 4 is 17.5 Å². The van der Waals surface area contributed by atoms with E-state index in [1.54, 1.807) is 12.1 Å². The van der Waals surface area contributed by atoms with Crippen LogP contribution >= 0.6 is 0 Å². The number of phenolic OH excluding ortho intramolecular Hbond substituents is 1. The maximum atomic E-state index is 12.9. The van der Waals surface area contributed by atoms with Gasteiger partial charge < -0.3 is 14.9 Å². The Bertz CT molecular complexity index is 830. The quantitative estimate of drug-likeness (QED) is 0.904. The Labute approximate surface area is 159 Å². The van der Waals surface area contributed by atoms with Gasteiger partial charge in [0.15, 0.2) is 0 Å². The first-order chi connectivity index (χ1) is 13.1. The van der Waals surface area contributed by atoms with E-state index < -0.39 is 0 Å². The lowest BCUT2D eigenvalue weighted by Gasteiger charge is -2.25. The van der Waals surface area contributed by atoms with Crippen molar-refractivity contribution in [2.24, 2.45) is 0 Å². The van der Waals surface area contributed by atoms with E-state index in [-0.39, 0.29) is 23.6 Å². The molecular weight excluding hydrogens is 340 g/mol. The van der Waals surface area contributed by atoms with Gasteiger partial charge in [-0.1, -0.05) is 24.3 Å². The zero-order valence-corrected chi connectivity index (χ0v) is 15.3. The van der Waals surface area contributed by atoms with E-state index in [9.17, 15) is 14.7 Å². The van der Waals surface area contributed by atoms with Crippen LogP contribution in [0.1, 0.15) is 42.9 Å². The molecule has 2 saturated heterocycles. The maximum absolute atomic E-state index is 12.9. The predicted molar refractivity (Wildman–Crippen MR) is 104 cm³/mol. The fraction of sp³-hybridized carbons (Fsp3) is 0.364. The molecule has 2 aromatic carbocycles. The highest BCUT2D eigenvalue weighted by Crippen LogP contribution is 2.33. The average Bonchev–Trinajstić information content (AvgIpc) is 3.32. The smallest absolute Gasteiger partial charge is 0.227 e. The van der Waals surface area contributed by atoms with E-state index in [1.165, 1.54) is 0 Å². The van der Waals surface area contributed by atoms with Crippen LogP contribution in [-0.4, -0.2) is 34.9 Å². The van der Waals surface area contributed by atoms with Crippen LogP contribution in [0.2, 0.25) is 0 Å². The van der Waals surface area contributed by atoms with Gasteiger partial charge in [-0.3, -0.25) is 9.59 Å². The highest BCUT2D eigenvalue weighted by Gasteiger charge is 2.30. The van der Waals surface area contributed by atoms with E-state index >= 15 is 0 Å². The maximum Gasteiger partial charge on any atom is 0.227 e. The average molecular weight is 364 g/mol. The first-order valence-corrected chi connectivity index (χ1v) is 9.59. The third-order valence-electron chi connectivity index (χ3n) is 5.53. The SMILES string of the molecule is O=C1CCCN1c1ccc(CC(=O)N2CCCC2c2ccc(O)cc2)cc1. The fourth-order valence-electron chi connectivity index (χ4n) is 4.10. The second-order valence-electron chi connectivity index (χ2n) is 7.33. The Morgan fingerprint density at radius 1 is 1.00 bits per heavy atom. The van der Waals surface area contributed by atoms with Gasteiger partial charge in [0.2, 0.25) is 11.8 Å². The van der Waals surface area contributed by atoms with E-state index in [0.29, 0.717) is 12.8 Å². The molecule has 0 radical (unpaired) electrons. The molecule has 2 aliphatic rings. The molecule has 0 bridgehead atoms. The monoisotopic (exact) mass is 364 g/mol. The summed E-state index contributed by atoms with van der Waals surface area (Å²) in [7, 11) is 0. The van der Waals surface area contributed by atoms with E-state index in [1.807, 2.05) is 46.2 Å². The molecular formula is C22H24N2O3. The number of likely N-dealkylation sites (tertiary alicyclic amines) is 1. The number of benzene rings is 2. The number of carbonyl (C=O) groups excluding carboxylic acids is 2. The molecule has 5 heteroatoms. The van der Waals surface area contributed by atoms with Gasteiger partial charge in [0.1, 0.15) is 5.75 Å². The normalized spacial score (nSPS) is 19.7. The van der Waals surface area contributed by atoms with Crippen molar-refractivity contribution in [1.29, 1.82) is 0 Å². The summed E-state index contributed by atoms with van der Waals surface area (Å²) in [6.45, 7) is 1.55. The Hall–Kier alpha value is -2.82. The minimum atomic E-state index is 0.0830. The molecule has 2 heterocycles. The Kier molecular flexibility index (Phi) is 4.84. The van der Waals surface area contributed by atoms with Crippen LogP contribution in [0.4, 0.5) is 5.69 Å². The van der Waals surface area contributed by atoms with Crippen LogP contribution in [0.3, 0.4) is 0 Å². The van der Waals surface area contributed by atoms with Gasteiger partial charge in [-0.15, -0.1) is 0 Å². The zero-order chi connectivity index (χ0) is 18.8. The number of hydrogen-bond donors (Lipinski definition) is 1. The standard InChI is InChI=1S/C22H24N2O3/c25-19-11-7-17(8-12-19)20-3-1-14-24(20)22(27)15-16-5-9-18(10-6-16)23-13-2-4-21(23)26/h5-12,20,25H,1-4,13-15H2. The lowest BCUT2D eigenvalue weighted by molar-refractivity contribution is -0.131. The van der Waals surface area contributed by atoms with Gasteiger partial charge in [-0.25, -0.2) is 0 Å². The van der Waals surface area contributed by atoms with Gasteiger partial charge in [-0.05, 0) is 54.7 Å². The van der Waals surface area contributed by atoms with Crippen LogP contribution in [-0.2, 0) is 16.0 Å². The second-order valence-corrected chi connectivity index (χ2v) is 7.33. The van der Waals surface area contributed by atoms with Crippen LogP contribution < -0.4 is 4.90 Å². The van der Waals surface area contributed by atoms with Crippen molar-refractivity contribution in [2.45, 2.75) is 38.1 Å². The number of nitrogens with zero attached hydrogens (tertiary/aromatic N) is 2. The number of carbonyl (C=O) groups is 2. The number of anilines is 1. The number of amides is 2. The largest absolute Gasteiger partial charge is 0.508 e. The predicted octanol–water partition coefficient (Wildman–Crippen LogP) is 3.43. The number of rotatable bonds is 4. The van der Waals surface area contributed by atoms with Crippen molar-refractivity contribution < 1.29 is 14.7 Å². The van der Waals surface area contributed by atoms with Crippen molar-refractivity contribution in [3.05, 3.63) is 59.7 Å². The van der Waals surface area contributed by atoms with Crippen LogP contribution in [0.25, 0.3) is 0 Å². The third-order valence-corrected chi connectivity index (χ3v) is 5.53. The molecule has 1 unspecified atom stereocenters. The van der Waals surface area contributed by atoms with Crippen molar-refractivity contribution in [2.75, 3.05) is 18.0 Å². The highest BCUT2D eigenvalue weighted by atomic mass is 16.3. The van der Waals surface area contributed by atoms with E-state index in [0.717, 1.165) is 49.2 Å². The molecule has 2 aromatic rings. The summed E-state index contributed by atoms with van der Waals surface area (Å²) >= 11 is 0. The van der Waals surface area contributed by atoms with Crippen molar-refractivity contribution in [1.82, 2.24) is 4.90 Å². The lowest BCUT2D eigenvalue weighted by atomic mass is 10.0. The number of hydrogen-bond acceptors (Lipinski definition) is 3. The highest BCUT2D eigenvalue weighted by molar-refractivity contribution is 5.95. The molecule has 0 aromatic heterocycles. The van der Waals surface area contributed by atoms with Gasteiger partial charge in [-0.2, -0.15) is 0 Å². The Morgan fingerprint density at radius 2 is 1.74 bits per heavy atom. The molecule has 1 atom stereocenters. The van der Waals surface area contributed by atoms with Crippen molar-refractivity contribution in [3.8, 4) is 5.75 Å². The van der Waals surface area contributed by atoms with Crippen LogP contribution in [0, 0.1) is 0 Å². The summed E-state index contributed by atoms with van der Waals surface area (Å²) in [5, 5.41) is 9.48. The Morgan fingerprint density at radius 3 is 2.41 bits per heavy atom. The molecule has 140 valence electrons. The fourth-order valence-corrected chi connectivity index (χ4v) is 4.10. The van der Waals surface area contributed by atoms with Gasteiger partial charge >= 0.3 is 0 Å². The first-order valence-electron chi connectivity index (χ1n) is 9.59. The van der Waals surface area contributed by atoms with E-state index in [4.69, 9.17) is 0 Å². The minimum Gasteiger partial charge on any atom is -0.508 e. The number of phenols is 1. The summed E-state index contributed by atoms with van der Waals surface area (Å²) in [4.78, 5) is 28.5. The molecule has 5 nitrogen and oxygen atoms in total. The summed E-state index contributed by atoms with van der Waals surface area (Å²) in [6, 6.07) is 15.0. The molecule has 0 spiro atoms. The van der Waals surface area contributed by atoms with Crippen LogP contribution in [0.5, 0.6) is 5.75 Å². The molecule has 27 heavy (non-hydrogen) atoms. The molecule has 4 rings (SSSR count). The third kappa shape index (κ3) is 3.68. The Balaban J connectivity index is 1.43. The molecule has 0 aliphatic carbocycles. The summed E-state index contributed by atoms with van der Waals surface area (Å²) < 4.78 is 0. The molecule has 2 fully saturated rings. The molecule has 2 amide bonds. The van der Waals surface area contributed by atoms with Crippen LogP contribution in [0.15, 0.2) is 48.5 Å². The van der Waals surface area contributed by atoms with Gasteiger partial charge in [0.25, 0.3) is 0 Å². The lowest BCUT2D eigenvalue weighted by Crippen LogP contribution is -2.31. The van der Waals surface area contributed by atoms with Gasteiger partial charge in [0.05, 0.1) is 12.5 Å². The molecule has 2 aliphatic heterocycles. The summed E-state index contributed by atoms with van der Waals surface area (Å²) in [5.74, 6) is 0.536. The zero-order valence-electron chi connectivity index (χ0n) is 15.3. The number of aromatic hydroxyl groups is 1. The summed E-state index contributed by atoms with van der Waals surface area (Å²) in [6.07, 6.45) is 3.84. The van der Waals surface area contributed by atoms with Crippen molar-refractivity contribution in [3.63, 3.8) is 0 Å². The minimum absolute atomic E-state index is 0.0830. The molecule has 1 N–H and O–H groups in total. The van der Waals surface area contributed by atoms with E-state index in [2.05, 4.69) is 0 Å².